The van der Waals surface area contributed by atoms with Gasteiger partial charge in [0.05, 0.1) is 0 Å². The van der Waals surface area contributed by atoms with Crippen molar-refractivity contribution in [1.29, 1.82) is 0 Å². The number of hydrogen-bond donors (Lipinski definition) is 0. The molecule has 6 nitrogen and oxygen atoms in total. The van der Waals surface area contributed by atoms with Crippen LogP contribution in [0.15, 0.2) is 0 Å². The highest BCUT2D eigenvalue weighted by Gasteiger charge is 2.36. The molecule has 0 radical (unpaired) electrons. The first kappa shape index (κ1) is 19.3. The van der Waals surface area contributed by atoms with E-state index < -0.39 is 34.1 Å². The molecule has 0 aliphatic rings. The van der Waals surface area contributed by atoms with Crippen LogP contribution in [0.25, 0.3) is 0 Å². The zero-order valence-corrected chi connectivity index (χ0v) is 13.4. The Bertz CT molecular complexity index is 350. The molecule has 0 aliphatic carbocycles. The largest absolute Gasteiger partial charge is 0.458 e. The highest BCUT2D eigenvalue weighted by molar-refractivity contribution is 6.68. The van der Waals surface area contributed by atoms with Gasteiger partial charge in [-0.3, -0.25) is 14.4 Å². The molecule has 116 valence electrons. The summed E-state index contributed by atoms with van der Waals surface area (Å²) >= 11 is 17.0. The third kappa shape index (κ3) is 9.23. The van der Waals surface area contributed by atoms with Gasteiger partial charge in [-0.1, -0.05) is 34.8 Å². The first-order valence-electron chi connectivity index (χ1n) is 5.60. The van der Waals surface area contributed by atoms with Gasteiger partial charge < -0.3 is 14.2 Å². The predicted molar refractivity (Wildman–Crippen MR) is 72.4 cm³/mol. The van der Waals surface area contributed by atoms with E-state index in [-0.39, 0.29) is 12.8 Å². The molecule has 0 saturated heterocycles. The fourth-order valence-electron chi connectivity index (χ4n) is 1.29. The monoisotopic (exact) mass is 348 g/mol. The lowest BCUT2D eigenvalue weighted by Gasteiger charge is -2.25. The van der Waals surface area contributed by atoms with Crippen molar-refractivity contribution in [2.75, 3.05) is 0 Å². The minimum Gasteiger partial charge on any atom is -0.458 e. The second kappa shape index (κ2) is 8.54. The van der Waals surface area contributed by atoms with Crippen molar-refractivity contribution in [3.63, 3.8) is 0 Å². The molecule has 0 saturated carbocycles. The zero-order valence-electron chi connectivity index (χ0n) is 11.2. The molecule has 1 unspecified atom stereocenters. The van der Waals surface area contributed by atoms with Gasteiger partial charge in [-0.05, 0) is 6.42 Å². The quantitative estimate of drug-likeness (QED) is 0.416. The van der Waals surface area contributed by atoms with Gasteiger partial charge in [-0.25, -0.2) is 0 Å². The van der Waals surface area contributed by atoms with E-state index in [9.17, 15) is 14.4 Å². The molecule has 20 heavy (non-hydrogen) atoms. The van der Waals surface area contributed by atoms with Crippen molar-refractivity contribution in [2.24, 2.45) is 0 Å². The van der Waals surface area contributed by atoms with E-state index in [1.807, 2.05) is 0 Å². The van der Waals surface area contributed by atoms with Gasteiger partial charge in [0.1, 0.15) is 6.10 Å². The van der Waals surface area contributed by atoms with E-state index in [4.69, 9.17) is 49.0 Å². The van der Waals surface area contributed by atoms with Crippen LogP contribution in [0.3, 0.4) is 0 Å². The van der Waals surface area contributed by atoms with E-state index in [1.54, 1.807) is 0 Å². The van der Waals surface area contributed by atoms with Crippen molar-refractivity contribution in [1.82, 2.24) is 0 Å². The molecule has 0 aromatic carbocycles. The second-order valence-corrected chi connectivity index (χ2v) is 6.23. The Balaban J connectivity index is 4.64. The molecule has 0 rings (SSSR count). The molecule has 0 bridgehead atoms. The van der Waals surface area contributed by atoms with E-state index in [0.717, 1.165) is 13.8 Å². The molecule has 0 aromatic heterocycles. The van der Waals surface area contributed by atoms with Gasteiger partial charge in [0.2, 0.25) is 10.1 Å². The van der Waals surface area contributed by atoms with E-state index in [0.29, 0.717) is 0 Å². The molecule has 9 heteroatoms. The molecule has 0 amide bonds. The molecular formula is C11H15Cl3O6. The highest BCUT2D eigenvalue weighted by Crippen LogP contribution is 2.35. The Labute approximate surface area is 131 Å². The smallest absolute Gasteiger partial charge is 0.305 e. The van der Waals surface area contributed by atoms with Crippen molar-refractivity contribution < 1.29 is 28.6 Å². The number of carbonyl (C=O) groups excluding carboxylic acids is 3. The zero-order chi connectivity index (χ0) is 15.9. The third-order valence-corrected chi connectivity index (χ3v) is 2.66. The van der Waals surface area contributed by atoms with Crippen molar-refractivity contribution in [2.45, 2.75) is 49.8 Å². The molecule has 1 atom stereocenters. The summed E-state index contributed by atoms with van der Waals surface area (Å²) in [6.07, 6.45) is -2.14. The standard InChI is InChI=1S/C11H15Cl3O6/c1-6(15)18-9(11(12,13)14)4-5-10(19-7(2)16)20-8(3)17/h9-10H,4-5H2,1-3H3. The summed E-state index contributed by atoms with van der Waals surface area (Å²) in [5.41, 5.74) is 0. The number of halogens is 3. The molecule has 0 N–H and O–H groups in total. The van der Waals surface area contributed by atoms with Gasteiger partial charge in [0.25, 0.3) is 0 Å². The number of ether oxygens (including phenoxy) is 3. The Morgan fingerprint density at radius 1 is 0.850 bits per heavy atom. The Morgan fingerprint density at radius 2 is 1.25 bits per heavy atom. The SMILES string of the molecule is CC(=O)OC(CCC(OC(C)=O)C(Cl)(Cl)Cl)OC(C)=O. The number of hydrogen-bond acceptors (Lipinski definition) is 6. The number of carbonyl (C=O) groups is 3. The predicted octanol–water partition coefficient (Wildman–Crippen LogP) is 2.52. The van der Waals surface area contributed by atoms with Crippen LogP contribution in [0.5, 0.6) is 0 Å². The first-order chi connectivity index (χ1) is 9.02. The highest BCUT2D eigenvalue weighted by atomic mass is 35.6. The maximum atomic E-state index is 10.9. The summed E-state index contributed by atoms with van der Waals surface area (Å²) in [6.45, 7) is 3.49. The summed E-state index contributed by atoms with van der Waals surface area (Å²) in [6, 6.07) is 0. The van der Waals surface area contributed by atoms with Crippen LogP contribution in [-0.4, -0.2) is 34.1 Å². The van der Waals surface area contributed by atoms with Crippen LogP contribution in [0.2, 0.25) is 0 Å². The summed E-state index contributed by atoms with van der Waals surface area (Å²) in [4.78, 5) is 32.7. The van der Waals surface area contributed by atoms with Crippen LogP contribution in [-0.2, 0) is 28.6 Å². The van der Waals surface area contributed by atoms with Gasteiger partial charge in [0, 0.05) is 27.2 Å². The maximum Gasteiger partial charge on any atom is 0.305 e. The van der Waals surface area contributed by atoms with Crippen molar-refractivity contribution in [3.8, 4) is 0 Å². The fraction of sp³-hybridized carbons (Fsp3) is 0.727. The molecule has 0 aromatic rings. The molecular weight excluding hydrogens is 334 g/mol. The van der Waals surface area contributed by atoms with Crippen LogP contribution in [0, 0.1) is 0 Å². The van der Waals surface area contributed by atoms with Gasteiger partial charge in [-0.2, -0.15) is 0 Å². The van der Waals surface area contributed by atoms with E-state index in [2.05, 4.69) is 0 Å². The summed E-state index contributed by atoms with van der Waals surface area (Å²) < 4.78 is 12.6. The average Bonchev–Trinajstić information content (AvgIpc) is 2.19. The molecule has 0 spiro atoms. The Hall–Kier alpha value is -0.720. The summed E-state index contributed by atoms with van der Waals surface area (Å²) in [5.74, 6) is -1.89. The van der Waals surface area contributed by atoms with Gasteiger partial charge in [0.15, 0.2) is 0 Å². The van der Waals surface area contributed by atoms with Crippen LogP contribution in [0.1, 0.15) is 33.6 Å². The summed E-state index contributed by atoms with van der Waals surface area (Å²) in [5, 5.41) is 0. The van der Waals surface area contributed by atoms with Crippen LogP contribution in [0.4, 0.5) is 0 Å². The van der Waals surface area contributed by atoms with Crippen molar-refractivity contribution >= 4 is 52.7 Å². The normalized spacial score (nSPS) is 12.8. The lowest BCUT2D eigenvalue weighted by atomic mass is 10.2. The molecule has 0 aliphatic heterocycles. The minimum absolute atomic E-state index is 0.0189. The summed E-state index contributed by atoms with van der Waals surface area (Å²) in [7, 11) is 0. The van der Waals surface area contributed by atoms with Gasteiger partial charge >= 0.3 is 17.9 Å². The lowest BCUT2D eigenvalue weighted by molar-refractivity contribution is -0.187. The van der Waals surface area contributed by atoms with E-state index >= 15 is 0 Å². The molecule has 0 fully saturated rings. The fourth-order valence-corrected chi connectivity index (χ4v) is 1.75. The maximum absolute atomic E-state index is 10.9. The Morgan fingerprint density at radius 3 is 1.55 bits per heavy atom. The van der Waals surface area contributed by atoms with Gasteiger partial charge in [-0.15, -0.1) is 0 Å². The van der Waals surface area contributed by atoms with Crippen LogP contribution < -0.4 is 0 Å². The second-order valence-electron chi connectivity index (χ2n) is 3.87. The number of rotatable bonds is 6. The average molecular weight is 350 g/mol. The van der Waals surface area contributed by atoms with E-state index in [1.165, 1.54) is 6.92 Å². The minimum atomic E-state index is -1.84. The topological polar surface area (TPSA) is 78.9 Å². The molecule has 0 heterocycles. The Kier molecular flexibility index (Phi) is 8.23. The number of esters is 3. The number of alkyl halides is 3. The van der Waals surface area contributed by atoms with Crippen molar-refractivity contribution in [3.05, 3.63) is 0 Å². The first-order valence-corrected chi connectivity index (χ1v) is 6.74. The lowest BCUT2D eigenvalue weighted by Crippen LogP contribution is -2.33. The van der Waals surface area contributed by atoms with Crippen LogP contribution >= 0.6 is 34.8 Å². The third-order valence-electron chi connectivity index (χ3n) is 1.93.